The molecule has 0 aromatic heterocycles. The lowest BCUT2D eigenvalue weighted by Crippen LogP contribution is -2.39. The van der Waals surface area contributed by atoms with E-state index in [0.29, 0.717) is 18.7 Å². The molecule has 0 bridgehead atoms. The summed E-state index contributed by atoms with van der Waals surface area (Å²) in [5.41, 5.74) is 1.08. The van der Waals surface area contributed by atoms with Gasteiger partial charge in [-0.25, -0.2) is 0 Å². The molecule has 7 heteroatoms. The maximum Gasteiger partial charge on any atom is 0.327 e. The number of hydrogen-bond donors (Lipinski definition) is 0. The van der Waals surface area contributed by atoms with Crippen LogP contribution < -0.4 is 0 Å². The first-order chi connectivity index (χ1) is 14.1. The number of rotatable bonds is 5. The summed E-state index contributed by atoms with van der Waals surface area (Å²) < 4.78 is 5.49. The molecule has 7 nitrogen and oxygen atoms in total. The molecule has 1 saturated heterocycles. The molecule has 3 amide bonds. The van der Waals surface area contributed by atoms with Crippen LogP contribution in [-0.2, 0) is 14.3 Å². The summed E-state index contributed by atoms with van der Waals surface area (Å²) in [6.07, 6.45) is 0.726. The lowest BCUT2D eigenvalue weighted by molar-refractivity contribution is -0.160. The number of likely N-dealkylation sites (tertiary alicyclic amines) is 1. The summed E-state index contributed by atoms with van der Waals surface area (Å²) in [6.45, 7) is 0.708. The molecule has 0 N–H and O–H groups in total. The minimum absolute atomic E-state index is 0.262. The number of ether oxygens (including phenoxy) is 1. The van der Waals surface area contributed by atoms with Gasteiger partial charge in [-0.3, -0.25) is 24.1 Å². The van der Waals surface area contributed by atoms with E-state index in [1.807, 2.05) is 6.07 Å². The fraction of sp³-hybridized carbons (Fsp3) is 0.273. The van der Waals surface area contributed by atoms with Gasteiger partial charge in [0.2, 0.25) is 6.10 Å². The predicted molar refractivity (Wildman–Crippen MR) is 103 cm³/mol. The summed E-state index contributed by atoms with van der Waals surface area (Å²) in [7, 11) is 0. The molecule has 1 fully saturated rings. The molecule has 2 aliphatic rings. The Bertz CT molecular complexity index is 931. The monoisotopic (exact) mass is 392 g/mol. The molecule has 2 aromatic carbocycles. The predicted octanol–water partition coefficient (Wildman–Crippen LogP) is 2.19. The molecular weight excluding hydrogens is 372 g/mol. The summed E-state index contributed by atoms with van der Waals surface area (Å²) in [4.78, 5) is 53.0. The number of fused-ring (bicyclic) bond motifs is 1. The van der Waals surface area contributed by atoms with E-state index in [9.17, 15) is 19.2 Å². The summed E-state index contributed by atoms with van der Waals surface area (Å²) in [5, 5.41) is 0. The Kier molecular flexibility index (Phi) is 5.12. The van der Waals surface area contributed by atoms with Crippen molar-refractivity contribution in [3.05, 3.63) is 71.3 Å². The second kappa shape index (κ2) is 7.87. The van der Waals surface area contributed by atoms with Crippen molar-refractivity contribution in [2.24, 2.45) is 0 Å². The number of carbonyl (C=O) groups excluding carboxylic acids is 4. The third-order valence-electron chi connectivity index (χ3n) is 5.16. The molecule has 2 aliphatic heterocycles. The van der Waals surface area contributed by atoms with Gasteiger partial charge in [0.05, 0.1) is 11.1 Å². The summed E-state index contributed by atoms with van der Waals surface area (Å²) >= 11 is 0. The molecule has 2 heterocycles. The largest absolute Gasteiger partial charge is 0.446 e. The van der Waals surface area contributed by atoms with Crippen molar-refractivity contribution in [3.63, 3.8) is 0 Å². The zero-order valence-electron chi connectivity index (χ0n) is 15.7. The summed E-state index contributed by atoms with van der Waals surface area (Å²) in [5.74, 6) is -2.17. The standard InChI is InChI=1S/C22H20N2O5/c25-18(14-24-20(26)16-10-4-5-11-17(16)21(24)27)29-19(15-8-2-1-3-9-15)22(28)23-12-6-7-13-23/h1-5,8-11,19H,6-7,12-14H2/t19-/m1/s1. The number of imide groups is 1. The van der Waals surface area contributed by atoms with Gasteiger partial charge in [-0.15, -0.1) is 0 Å². The molecule has 0 aliphatic carbocycles. The minimum atomic E-state index is -1.10. The van der Waals surface area contributed by atoms with Crippen LogP contribution in [-0.4, -0.2) is 53.1 Å². The first kappa shape index (κ1) is 18.9. The highest BCUT2D eigenvalue weighted by Crippen LogP contribution is 2.25. The Morgan fingerprint density at radius 2 is 1.41 bits per heavy atom. The van der Waals surface area contributed by atoms with E-state index in [1.54, 1.807) is 53.4 Å². The topological polar surface area (TPSA) is 84.0 Å². The van der Waals surface area contributed by atoms with E-state index in [-0.39, 0.29) is 17.0 Å². The van der Waals surface area contributed by atoms with Gasteiger partial charge >= 0.3 is 5.97 Å². The molecular formula is C22H20N2O5. The van der Waals surface area contributed by atoms with Gasteiger partial charge in [-0.05, 0) is 25.0 Å². The second-order valence-electron chi connectivity index (χ2n) is 7.06. The fourth-order valence-electron chi connectivity index (χ4n) is 3.67. The third-order valence-corrected chi connectivity index (χ3v) is 5.16. The molecule has 0 radical (unpaired) electrons. The van der Waals surface area contributed by atoms with Crippen LogP contribution in [0, 0.1) is 0 Å². The van der Waals surface area contributed by atoms with Crippen LogP contribution in [0.3, 0.4) is 0 Å². The van der Waals surface area contributed by atoms with Gasteiger partial charge < -0.3 is 9.64 Å². The number of benzene rings is 2. The highest BCUT2D eigenvalue weighted by molar-refractivity contribution is 6.22. The van der Waals surface area contributed by atoms with Crippen LogP contribution in [0.5, 0.6) is 0 Å². The summed E-state index contributed by atoms with van der Waals surface area (Å²) in [6, 6.07) is 15.2. The molecule has 148 valence electrons. The van der Waals surface area contributed by atoms with E-state index in [0.717, 1.165) is 17.7 Å². The lowest BCUT2D eigenvalue weighted by atomic mass is 10.1. The number of nitrogens with zero attached hydrogens (tertiary/aromatic N) is 2. The smallest absolute Gasteiger partial charge is 0.327 e. The Hall–Kier alpha value is -3.48. The Labute approximate surface area is 167 Å². The highest BCUT2D eigenvalue weighted by atomic mass is 16.5. The maximum atomic E-state index is 12.9. The van der Waals surface area contributed by atoms with Crippen molar-refractivity contribution in [1.29, 1.82) is 0 Å². The van der Waals surface area contributed by atoms with Gasteiger partial charge in [0.25, 0.3) is 17.7 Å². The maximum absolute atomic E-state index is 12.9. The molecule has 4 rings (SSSR count). The van der Waals surface area contributed by atoms with Gasteiger partial charge in [0, 0.05) is 18.7 Å². The van der Waals surface area contributed by atoms with Crippen molar-refractivity contribution < 1.29 is 23.9 Å². The molecule has 1 atom stereocenters. The van der Waals surface area contributed by atoms with Crippen LogP contribution in [0.1, 0.15) is 45.2 Å². The highest BCUT2D eigenvalue weighted by Gasteiger charge is 2.38. The first-order valence-electron chi connectivity index (χ1n) is 9.54. The van der Waals surface area contributed by atoms with E-state index < -0.39 is 30.4 Å². The average molecular weight is 392 g/mol. The van der Waals surface area contributed by atoms with Crippen LogP contribution in [0.15, 0.2) is 54.6 Å². The fourth-order valence-corrected chi connectivity index (χ4v) is 3.67. The van der Waals surface area contributed by atoms with Crippen molar-refractivity contribution in [3.8, 4) is 0 Å². The van der Waals surface area contributed by atoms with Crippen molar-refractivity contribution in [1.82, 2.24) is 9.80 Å². The molecule has 0 spiro atoms. The van der Waals surface area contributed by atoms with Crippen LogP contribution in [0.4, 0.5) is 0 Å². The molecule has 29 heavy (non-hydrogen) atoms. The van der Waals surface area contributed by atoms with E-state index in [1.165, 1.54) is 0 Å². The van der Waals surface area contributed by atoms with Crippen molar-refractivity contribution in [2.45, 2.75) is 18.9 Å². The molecule has 0 unspecified atom stereocenters. The number of amides is 3. The Morgan fingerprint density at radius 3 is 2.00 bits per heavy atom. The van der Waals surface area contributed by atoms with Gasteiger partial charge in [-0.2, -0.15) is 0 Å². The molecule has 0 saturated carbocycles. The minimum Gasteiger partial charge on any atom is -0.446 e. The number of esters is 1. The first-order valence-corrected chi connectivity index (χ1v) is 9.54. The van der Waals surface area contributed by atoms with E-state index >= 15 is 0 Å². The van der Waals surface area contributed by atoms with E-state index in [2.05, 4.69) is 0 Å². The van der Waals surface area contributed by atoms with Gasteiger partial charge in [-0.1, -0.05) is 42.5 Å². The zero-order chi connectivity index (χ0) is 20.4. The Balaban J connectivity index is 1.51. The van der Waals surface area contributed by atoms with Crippen molar-refractivity contribution in [2.75, 3.05) is 19.6 Å². The normalized spacial score (nSPS) is 16.7. The number of hydrogen-bond acceptors (Lipinski definition) is 5. The third kappa shape index (κ3) is 3.63. The van der Waals surface area contributed by atoms with Crippen LogP contribution in [0.2, 0.25) is 0 Å². The number of carbonyl (C=O) groups is 4. The van der Waals surface area contributed by atoms with E-state index in [4.69, 9.17) is 4.74 Å². The zero-order valence-corrected chi connectivity index (χ0v) is 15.7. The van der Waals surface area contributed by atoms with Crippen molar-refractivity contribution >= 4 is 23.7 Å². The lowest BCUT2D eigenvalue weighted by Gasteiger charge is -2.24. The SMILES string of the molecule is O=C(CN1C(=O)c2ccccc2C1=O)O[C@@H](C(=O)N1CCCC1)c1ccccc1. The van der Waals surface area contributed by atoms with Crippen LogP contribution >= 0.6 is 0 Å². The Morgan fingerprint density at radius 1 is 0.862 bits per heavy atom. The van der Waals surface area contributed by atoms with Crippen LogP contribution in [0.25, 0.3) is 0 Å². The van der Waals surface area contributed by atoms with Gasteiger partial charge in [0.1, 0.15) is 6.54 Å². The second-order valence-corrected chi connectivity index (χ2v) is 7.06. The average Bonchev–Trinajstić information content (AvgIpc) is 3.37. The molecule has 2 aromatic rings. The van der Waals surface area contributed by atoms with Gasteiger partial charge in [0.15, 0.2) is 0 Å². The quantitative estimate of drug-likeness (QED) is 0.575.